The molecule has 0 aromatic carbocycles. The molecule has 1 heterocycles. The first-order valence-corrected chi connectivity index (χ1v) is 6.42. The van der Waals surface area contributed by atoms with Crippen molar-refractivity contribution in [2.45, 2.75) is 84.1 Å². The van der Waals surface area contributed by atoms with Crippen LogP contribution in [0.1, 0.15) is 60.3 Å². The molecule has 1 aliphatic heterocycles. The minimum atomic E-state index is 0.307. The van der Waals surface area contributed by atoms with Gasteiger partial charge in [-0.25, -0.2) is 0 Å². The van der Waals surface area contributed by atoms with Gasteiger partial charge in [-0.05, 0) is 46.5 Å². The van der Waals surface area contributed by atoms with E-state index in [1.807, 2.05) is 0 Å². The third kappa shape index (κ3) is 3.76. The van der Waals surface area contributed by atoms with E-state index in [0.29, 0.717) is 23.8 Å². The number of hydrogen-bond acceptors (Lipinski definition) is 2. The highest BCUT2D eigenvalue weighted by molar-refractivity contribution is 4.87. The summed E-state index contributed by atoms with van der Waals surface area (Å²) in [4.78, 5) is 0. The van der Waals surface area contributed by atoms with Crippen molar-refractivity contribution < 1.29 is 4.74 Å². The van der Waals surface area contributed by atoms with Gasteiger partial charge < -0.3 is 10.1 Å². The van der Waals surface area contributed by atoms with E-state index < -0.39 is 0 Å². The van der Waals surface area contributed by atoms with Gasteiger partial charge in [0, 0.05) is 11.6 Å². The van der Waals surface area contributed by atoms with E-state index in [1.54, 1.807) is 0 Å². The standard InChI is InChI=1S/C13H27NO/c1-6-13(5,7-2)14-12-8-10(3)15-11(4)9-12/h10-12,14H,6-9H2,1-5H3. The zero-order valence-corrected chi connectivity index (χ0v) is 11.0. The van der Waals surface area contributed by atoms with E-state index >= 15 is 0 Å². The molecule has 90 valence electrons. The smallest absolute Gasteiger partial charge is 0.0565 e. The van der Waals surface area contributed by atoms with Gasteiger partial charge in [-0.2, -0.15) is 0 Å². The zero-order chi connectivity index (χ0) is 11.5. The number of hydrogen-bond donors (Lipinski definition) is 1. The highest BCUT2D eigenvalue weighted by Gasteiger charge is 2.29. The molecule has 0 spiro atoms. The Hall–Kier alpha value is -0.0800. The molecule has 1 saturated heterocycles. The Kier molecular flexibility index (Phi) is 4.60. The second-order valence-electron chi connectivity index (χ2n) is 5.34. The van der Waals surface area contributed by atoms with Crippen molar-refractivity contribution in [2.75, 3.05) is 0 Å². The SMILES string of the molecule is CCC(C)(CC)NC1CC(C)OC(C)C1. The van der Waals surface area contributed by atoms with Crippen molar-refractivity contribution in [3.05, 3.63) is 0 Å². The first-order valence-electron chi connectivity index (χ1n) is 6.42. The third-order valence-electron chi connectivity index (χ3n) is 3.81. The second-order valence-corrected chi connectivity index (χ2v) is 5.34. The maximum atomic E-state index is 5.76. The second kappa shape index (κ2) is 5.31. The lowest BCUT2D eigenvalue weighted by atomic mass is 9.91. The lowest BCUT2D eigenvalue weighted by molar-refractivity contribution is -0.0463. The molecule has 2 atom stereocenters. The average Bonchev–Trinajstić information content (AvgIpc) is 2.16. The molecule has 0 radical (unpaired) electrons. The van der Waals surface area contributed by atoms with Gasteiger partial charge in [0.1, 0.15) is 0 Å². The monoisotopic (exact) mass is 213 g/mol. The van der Waals surface area contributed by atoms with E-state index in [0.717, 1.165) is 12.8 Å². The van der Waals surface area contributed by atoms with Crippen LogP contribution in [0.15, 0.2) is 0 Å². The quantitative estimate of drug-likeness (QED) is 0.775. The van der Waals surface area contributed by atoms with Crippen LogP contribution in [0.3, 0.4) is 0 Å². The lowest BCUT2D eigenvalue weighted by Gasteiger charge is -2.39. The predicted octanol–water partition coefficient (Wildman–Crippen LogP) is 3.11. The summed E-state index contributed by atoms with van der Waals surface area (Å²) in [5, 5.41) is 3.81. The van der Waals surface area contributed by atoms with Crippen molar-refractivity contribution in [3.63, 3.8) is 0 Å². The first kappa shape index (κ1) is 13.0. The maximum Gasteiger partial charge on any atom is 0.0565 e. The third-order valence-corrected chi connectivity index (χ3v) is 3.81. The molecule has 0 aromatic rings. The summed E-state index contributed by atoms with van der Waals surface area (Å²) in [6.07, 6.45) is 5.51. The van der Waals surface area contributed by atoms with E-state index in [9.17, 15) is 0 Å². The Bertz CT molecular complexity index is 179. The van der Waals surface area contributed by atoms with Gasteiger partial charge in [0.25, 0.3) is 0 Å². The fourth-order valence-corrected chi connectivity index (χ4v) is 2.47. The molecule has 0 bridgehead atoms. The summed E-state index contributed by atoms with van der Waals surface area (Å²) in [6, 6.07) is 0.633. The van der Waals surface area contributed by atoms with Gasteiger partial charge in [0.15, 0.2) is 0 Å². The molecule has 1 aliphatic rings. The molecule has 2 heteroatoms. The summed E-state index contributed by atoms with van der Waals surface area (Å²) in [5.41, 5.74) is 0.307. The van der Waals surface area contributed by atoms with Crippen LogP contribution < -0.4 is 5.32 Å². The van der Waals surface area contributed by atoms with Crippen LogP contribution in [0.25, 0.3) is 0 Å². The summed E-state index contributed by atoms with van der Waals surface area (Å²) in [7, 11) is 0. The molecule has 1 rings (SSSR count). The van der Waals surface area contributed by atoms with Gasteiger partial charge >= 0.3 is 0 Å². The molecule has 1 fully saturated rings. The fourth-order valence-electron chi connectivity index (χ4n) is 2.47. The summed E-state index contributed by atoms with van der Waals surface area (Å²) >= 11 is 0. The Morgan fingerprint density at radius 1 is 1.13 bits per heavy atom. The highest BCUT2D eigenvalue weighted by atomic mass is 16.5. The van der Waals surface area contributed by atoms with Gasteiger partial charge in [-0.1, -0.05) is 13.8 Å². The predicted molar refractivity (Wildman–Crippen MR) is 65.2 cm³/mol. The Balaban J connectivity index is 2.49. The minimum Gasteiger partial charge on any atom is -0.375 e. The molecule has 15 heavy (non-hydrogen) atoms. The first-order chi connectivity index (χ1) is 6.99. The zero-order valence-electron chi connectivity index (χ0n) is 11.0. The molecular formula is C13H27NO. The van der Waals surface area contributed by atoms with Crippen LogP contribution >= 0.6 is 0 Å². The largest absolute Gasteiger partial charge is 0.375 e. The van der Waals surface area contributed by atoms with E-state index in [-0.39, 0.29) is 0 Å². The molecule has 1 N–H and O–H groups in total. The van der Waals surface area contributed by atoms with Crippen molar-refractivity contribution in [1.29, 1.82) is 0 Å². The van der Waals surface area contributed by atoms with Crippen LogP contribution in [0.2, 0.25) is 0 Å². The van der Waals surface area contributed by atoms with Crippen LogP contribution in [0.4, 0.5) is 0 Å². The Morgan fingerprint density at radius 3 is 2.00 bits per heavy atom. The van der Waals surface area contributed by atoms with Crippen LogP contribution in [-0.4, -0.2) is 23.8 Å². The van der Waals surface area contributed by atoms with Crippen molar-refractivity contribution in [3.8, 4) is 0 Å². The van der Waals surface area contributed by atoms with E-state index in [2.05, 4.69) is 39.9 Å². The van der Waals surface area contributed by atoms with Crippen molar-refractivity contribution in [1.82, 2.24) is 5.32 Å². The summed E-state index contributed by atoms with van der Waals surface area (Å²) in [5.74, 6) is 0. The van der Waals surface area contributed by atoms with Gasteiger partial charge in [-0.3, -0.25) is 0 Å². The molecular weight excluding hydrogens is 186 g/mol. The van der Waals surface area contributed by atoms with Crippen molar-refractivity contribution >= 4 is 0 Å². The fraction of sp³-hybridized carbons (Fsp3) is 1.00. The van der Waals surface area contributed by atoms with Crippen LogP contribution in [0, 0.1) is 0 Å². The molecule has 2 nitrogen and oxygen atoms in total. The number of rotatable bonds is 4. The molecule has 0 amide bonds. The van der Waals surface area contributed by atoms with Crippen LogP contribution in [-0.2, 0) is 4.74 Å². The topological polar surface area (TPSA) is 21.3 Å². The Morgan fingerprint density at radius 2 is 1.60 bits per heavy atom. The van der Waals surface area contributed by atoms with Gasteiger partial charge in [-0.15, -0.1) is 0 Å². The molecule has 0 aliphatic carbocycles. The van der Waals surface area contributed by atoms with Crippen molar-refractivity contribution in [2.24, 2.45) is 0 Å². The van der Waals surface area contributed by atoms with E-state index in [4.69, 9.17) is 4.74 Å². The number of ether oxygens (including phenoxy) is 1. The minimum absolute atomic E-state index is 0.307. The van der Waals surface area contributed by atoms with Gasteiger partial charge in [0.05, 0.1) is 12.2 Å². The molecule has 2 unspecified atom stereocenters. The Labute approximate surface area is 94.8 Å². The molecule has 0 aromatic heterocycles. The van der Waals surface area contributed by atoms with Gasteiger partial charge in [0.2, 0.25) is 0 Å². The van der Waals surface area contributed by atoms with E-state index in [1.165, 1.54) is 12.8 Å². The maximum absolute atomic E-state index is 5.76. The number of nitrogens with one attached hydrogen (secondary N) is 1. The summed E-state index contributed by atoms with van der Waals surface area (Å²) < 4.78 is 5.76. The summed E-state index contributed by atoms with van der Waals surface area (Å²) in [6.45, 7) is 11.2. The highest BCUT2D eigenvalue weighted by Crippen LogP contribution is 2.23. The molecule has 0 saturated carbocycles. The normalized spacial score (nSPS) is 33.0. The average molecular weight is 213 g/mol. The van der Waals surface area contributed by atoms with Crippen LogP contribution in [0.5, 0.6) is 0 Å². The lowest BCUT2D eigenvalue weighted by Crippen LogP contribution is -2.51.